The number of nitrogens with one attached hydrogen (secondary N) is 1. The molecule has 3 aromatic rings. The molecule has 1 amide bonds. The lowest BCUT2D eigenvalue weighted by Crippen LogP contribution is -2.27. The summed E-state index contributed by atoms with van der Waals surface area (Å²) in [5.74, 6) is -0.920. The number of carbonyl (C=O) groups excluding carboxylic acids is 1. The number of benzene rings is 3. The lowest BCUT2D eigenvalue weighted by atomic mass is 9.98. The highest BCUT2D eigenvalue weighted by Gasteiger charge is 2.28. The van der Waals surface area contributed by atoms with E-state index in [1.54, 1.807) is 43.3 Å². The quantitative estimate of drug-likeness (QED) is 0.558. The van der Waals surface area contributed by atoms with E-state index < -0.39 is 17.8 Å². The second kappa shape index (κ2) is 8.09. The Bertz CT molecular complexity index is 1180. The number of aryl methyl sites for hydroxylation is 1. The molecule has 2 N–H and O–H groups in total. The van der Waals surface area contributed by atoms with Gasteiger partial charge >= 0.3 is 0 Å². The van der Waals surface area contributed by atoms with Crippen LogP contribution >= 0.6 is 23.2 Å². The van der Waals surface area contributed by atoms with Crippen LogP contribution in [0.1, 0.15) is 22.3 Å². The standard InChI is InChI=1S/C23H17Cl2FN2O2/c1-12-8-14(4-7-20(12)29)21-17-10-16(25)11-18(26)22(17)28-23(30)19(27-21)9-13-2-5-15(24)6-3-13/h2-8,10-11,19,29H,9H2,1H3,(H,28,30). The summed E-state index contributed by atoms with van der Waals surface area (Å²) in [6.07, 6.45) is 0.312. The van der Waals surface area contributed by atoms with Crippen LogP contribution in [0.3, 0.4) is 0 Å². The van der Waals surface area contributed by atoms with E-state index >= 15 is 0 Å². The molecule has 30 heavy (non-hydrogen) atoms. The molecule has 4 nitrogen and oxygen atoms in total. The predicted octanol–water partition coefficient (Wildman–Crippen LogP) is 5.55. The van der Waals surface area contributed by atoms with E-state index in [0.717, 1.165) is 11.6 Å². The van der Waals surface area contributed by atoms with Gasteiger partial charge in [-0.3, -0.25) is 9.79 Å². The Morgan fingerprint density at radius 2 is 1.80 bits per heavy atom. The molecule has 7 heteroatoms. The summed E-state index contributed by atoms with van der Waals surface area (Å²) in [5, 5.41) is 13.3. The van der Waals surface area contributed by atoms with E-state index in [4.69, 9.17) is 28.2 Å². The van der Waals surface area contributed by atoms with Crippen molar-refractivity contribution in [3.05, 3.63) is 92.7 Å². The third-order valence-electron chi connectivity index (χ3n) is 4.96. The highest BCUT2D eigenvalue weighted by atomic mass is 35.5. The van der Waals surface area contributed by atoms with Crippen molar-refractivity contribution in [2.24, 2.45) is 4.99 Å². The van der Waals surface area contributed by atoms with Gasteiger partial charge in [0.25, 0.3) is 0 Å². The first-order chi connectivity index (χ1) is 14.3. The number of halogens is 3. The molecule has 4 rings (SSSR count). The van der Waals surface area contributed by atoms with Crippen LogP contribution in [0, 0.1) is 12.7 Å². The summed E-state index contributed by atoms with van der Waals surface area (Å²) in [7, 11) is 0. The van der Waals surface area contributed by atoms with Crippen molar-refractivity contribution in [3.8, 4) is 5.75 Å². The smallest absolute Gasteiger partial charge is 0.249 e. The number of hydrogen-bond donors (Lipinski definition) is 2. The molecule has 0 saturated carbocycles. The van der Waals surface area contributed by atoms with Gasteiger partial charge < -0.3 is 10.4 Å². The topological polar surface area (TPSA) is 61.7 Å². The van der Waals surface area contributed by atoms with Crippen LogP contribution in [0.4, 0.5) is 10.1 Å². The largest absolute Gasteiger partial charge is 0.508 e. The maximum Gasteiger partial charge on any atom is 0.249 e. The van der Waals surface area contributed by atoms with Gasteiger partial charge in [0, 0.05) is 27.6 Å². The summed E-state index contributed by atoms with van der Waals surface area (Å²) >= 11 is 12.1. The monoisotopic (exact) mass is 442 g/mol. The zero-order chi connectivity index (χ0) is 21.4. The van der Waals surface area contributed by atoms with Crippen molar-refractivity contribution in [1.29, 1.82) is 0 Å². The van der Waals surface area contributed by atoms with Crippen molar-refractivity contribution < 1.29 is 14.3 Å². The first-order valence-electron chi connectivity index (χ1n) is 9.24. The summed E-state index contributed by atoms with van der Waals surface area (Å²) in [4.78, 5) is 17.6. The Labute approximate surface area is 183 Å². The summed E-state index contributed by atoms with van der Waals surface area (Å²) < 4.78 is 14.7. The zero-order valence-electron chi connectivity index (χ0n) is 15.9. The van der Waals surface area contributed by atoms with E-state index in [-0.39, 0.29) is 16.5 Å². The second-order valence-electron chi connectivity index (χ2n) is 7.12. The minimum atomic E-state index is -0.791. The highest BCUT2D eigenvalue weighted by Crippen LogP contribution is 2.31. The summed E-state index contributed by atoms with van der Waals surface area (Å²) in [6.45, 7) is 1.75. The molecule has 3 aromatic carbocycles. The first-order valence-corrected chi connectivity index (χ1v) is 10.00. The number of carbonyl (C=O) groups is 1. The SMILES string of the molecule is Cc1cc(C2=NC(Cc3ccc(Cl)cc3)C(=O)Nc3c(F)cc(Cl)cc32)ccc1O. The maximum absolute atomic E-state index is 14.7. The average Bonchev–Trinajstić information content (AvgIpc) is 2.83. The number of aliphatic imine (C=N–C) groups is 1. The third-order valence-corrected chi connectivity index (χ3v) is 5.43. The fourth-order valence-corrected chi connectivity index (χ4v) is 3.72. The van der Waals surface area contributed by atoms with E-state index in [0.29, 0.717) is 33.8 Å². The van der Waals surface area contributed by atoms with Crippen LogP contribution in [-0.4, -0.2) is 22.8 Å². The molecule has 0 fully saturated rings. The first kappa shape index (κ1) is 20.4. The summed E-state index contributed by atoms with van der Waals surface area (Å²) in [5.41, 5.74) is 2.99. The molecule has 1 aliphatic rings. The van der Waals surface area contributed by atoms with Crippen LogP contribution in [0.15, 0.2) is 59.6 Å². The van der Waals surface area contributed by atoms with Gasteiger partial charge in [-0.2, -0.15) is 0 Å². The molecule has 0 radical (unpaired) electrons. The van der Waals surface area contributed by atoms with E-state index in [1.165, 1.54) is 0 Å². The van der Waals surface area contributed by atoms with Crippen LogP contribution < -0.4 is 5.32 Å². The molecular weight excluding hydrogens is 426 g/mol. The number of hydrogen-bond acceptors (Lipinski definition) is 3. The number of fused-ring (bicyclic) bond motifs is 1. The minimum absolute atomic E-state index is 0.0347. The van der Waals surface area contributed by atoms with E-state index in [9.17, 15) is 14.3 Å². The fraction of sp³-hybridized carbons (Fsp3) is 0.130. The van der Waals surface area contributed by atoms with Crippen molar-refractivity contribution in [2.45, 2.75) is 19.4 Å². The van der Waals surface area contributed by atoms with E-state index in [2.05, 4.69) is 5.32 Å². The highest BCUT2D eigenvalue weighted by molar-refractivity contribution is 6.32. The van der Waals surface area contributed by atoms with Gasteiger partial charge in [0.05, 0.1) is 11.4 Å². The molecule has 152 valence electrons. The fourth-order valence-electron chi connectivity index (χ4n) is 3.39. The predicted molar refractivity (Wildman–Crippen MR) is 117 cm³/mol. The second-order valence-corrected chi connectivity index (χ2v) is 8.00. The molecule has 0 saturated heterocycles. The molecule has 0 aliphatic carbocycles. The Morgan fingerprint density at radius 1 is 1.07 bits per heavy atom. The number of benzodiazepines with no additional fused rings is 1. The van der Waals surface area contributed by atoms with Gasteiger partial charge in [-0.15, -0.1) is 0 Å². The van der Waals surface area contributed by atoms with Gasteiger partial charge in [0.2, 0.25) is 5.91 Å². The van der Waals surface area contributed by atoms with Gasteiger partial charge in [0.15, 0.2) is 0 Å². The zero-order valence-corrected chi connectivity index (χ0v) is 17.4. The number of rotatable bonds is 3. The Kier molecular flexibility index (Phi) is 5.50. The molecular formula is C23H17Cl2FN2O2. The van der Waals surface area contributed by atoms with Crippen LogP contribution in [0.25, 0.3) is 0 Å². The lowest BCUT2D eigenvalue weighted by Gasteiger charge is -2.12. The minimum Gasteiger partial charge on any atom is -0.508 e. The molecule has 0 aromatic heterocycles. The van der Waals surface area contributed by atoms with Crippen LogP contribution in [-0.2, 0) is 11.2 Å². The van der Waals surface area contributed by atoms with Crippen molar-refractivity contribution >= 4 is 40.5 Å². The van der Waals surface area contributed by atoms with Gasteiger partial charge in [-0.1, -0.05) is 35.3 Å². The van der Waals surface area contributed by atoms with E-state index in [1.807, 2.05) is 12.1 Å². The van der Waals surface area contributed by atoms with Crippen molar-refractivity contribution in [1.82, 2.24) is 0 Å². The molecule has 0 spiro atoms. The van der Waals surface area contributed by atoms with Gasteiger partial charge in [-0.25, -0.2) is 4.39 Å². The van der Waals surface area contributed by atoms with Gasteiger partial charge in [-0.05, 0) is 60.5 Å². The normalized spacial score (nSPS) is 15.8. The number of phenols is 1. The van der Waals surface area contributed by atoms with Gasteiger partial charge in [0.1, 0.15) is 17.6 Å². The Hall–Kier alpha value is -2.89. The Morgan fingerprint density at radius 3 is 2.50 bits per heavy atom. The maximum atomic E-state index is 14.7. The number of aromatic hydroxyl groups is 1. The number of phenolic OH excluding ortho intramolecular Hbond substituents is 1. The third kappa shape index (κ3) is 4.04. The molecule has 0 bridgehead atoms. The number of nitrogens with zero attached hydrogens (tertiary/aromatic N) is 1. The number of amides is 1. The average molecular weight is 443 g/mol. The number of anilines is 1. The molecule has 1 heterocycles. The van der Waals surface area contributed by atoms with Crippen molar-refractivity contribution in [3.63, 3.8) is 0 Å². The molecule has 1 aliphatic heterocycles. The molecule has 1 atom stereocenters. The summed E-state index contributed by atoms with van der Waals surface area (Å²) in [6, 6.07) is 14.0. The lowest BCUT2D eigenvalue weighted by molar-refractivity contribution is -0.117. The van der Waals surface area contributed by atoms with Crippen molar-refractivity contribution in [2.75, 3.05) is 5.32 Å². The van der Waals surface area contributed by atoms with Crippen LogP contribution in [0.5, 0.6) is 5.75 Å². The van der Waals surface area contributed by atoms with Crippen LogP contribution in [0.2, 0.25) is 10.0 Å². The Balaban J connectivity index is 1.87. The molecule has 1 unspecified atom stereocenters.